The number of hydrogen-bond donors (Lipinski definition) is 1. The lowest BCUT2D eigenvalue weighted by molar-refractivity contribution is 0.0468. The second-order valence-corrected chi connectivity index (χ2v) is 8.10. The SMILES string of the molecule is NS(=O)(=O)c1ccc(C(=O)OCc2csc(-c3ccccc3Cl)n2)cc1. The van der Waals surface area contributed by atoms with E-state index in [-0.39, 0.29) is 17.1 Å². The number of nitrogens with zero attached hydrogens (tertiary/aromatic N) is 1. The lowest BCUT2D eigenvalue weighted by atomic mass is 10.2. The molecule has 0 saturated carbocycles. The van der Waals surface area contributed by atoms with Crippen LogP contribution in [0.4, 0.5) is 0 Å². The van der Waals surface area contributed by atoms with Gasteiger partial charge in [-0.1, -0.05) is 29.8 Å². The van der Waals surface area contributed by atoms with E-state index in [1.54, 1.807) is 11.4 Å². The number of aromatic nitrogens is 1. The number of nitrogens with two attached hydrogens (primary N) is 1. The van der Waals surface area contributed by atoms with E-state index >= 15 is 0 Å². The van der Waals surface area contributed by atoms with E-state index in [0.29, 0.717) is 10.7 Å². The predicted octanol–water partition coefficient (Wildman–Crippen LogP) is 3.47. The van der Waals surface area contributed by atoms with Crippen LogP contribution in [0.2, 0.25) is 5.02 Å². The molecule has 0 aliphatic heterocycles. The van der Waals surface area contributed by atoms with Crippen LogP contribution in [0.25, 0.3) is 10.6 Å². The zero-order valence-corrected chi connectivity index (χ0v) is 15.6. The van der Waals surface area contributed by atoms with Crippen molar-refractivity contribution in [3.63, 3.8) is 0 Å². The maximum Gasteiger partial charge on any atom is 0.338 e. The van der Waals surface area contributed by atoms with Crippen molar-refractivity contribution in [1.29, 1.82) is 0 Å². The molecule has 26 heavy (non-hydrogen) atoms. The Morgan fingerprint density at radius 3 is 2.50 bits per heavy atom. The quantitative estimate of drug-likeness (QED) is 0.651. The molecule has 0 amide bonds. The van der Waals surface area contributed by atoms with Crippen LogP contribution in [0.1, 0.15) is 16.1 Å². The Morgan fingerprint density at radius 2 is 1.85 bits per heavy atom. The molecule has 134 valence electrons. The number of carbonyl (C=O) groups is 1. The molecule has 1 heterocycles. The number of halogens is 1. The van der Waals surface area contributed by atoms with Crippen LogP contribution in [-0.2, 0) is 21.4 Å². The summed E-state index contributed by atoms with van der Waals surface area (Å²) in [6, 6.07) is 12.6. The summed E-state index contributed by atoms with van der Waals surface area (Å²) in [6.45, 7) is -0.00325. The van der Waals surface area contributed by atoms with Crippen LogP contribution in [0, 0.1) is 0 Å². The highest BCUT2D eigenvalue weighted by molar-refractivity contribution is 7.89. The van der Waals surface area contributed by atoms with E-state index in [9.17, 15) is 13.2 Å². The number of primary sulfonamides is 1. The van der Waals surface area contributed by atoms with Crippen LogP contribution in [-0.4, -0.2) is 19.4 Å². The molecule has 3 rings (SSSR count). The van der Waals surface area contributed by atoms with E-state index in [4.69, 9.17) is 21.5 Å². The van der Waals surface area contributed by atoms with Crippen LogP contribution < -0.4 is 5.14 Å². The maximum absolute atomic E-state index is 12.1. The Bertz CT molecular complexity index is 1050. The number of ether oxygens (including phenoxy) is 1. The fourth-order valence-electron chi connectivity index (χ4n) is 2.14. The topological polar surface area (TPSA) is 99.4 Å². The molecule has 0 atom stereocenters. The van der Waals surface area contributed by atoms with E-state index in [1.165, 1.54) is 35.6 Å². The number of thiazole rings is 1. The summed E-state index contributed by atoms with van der Waals surface area (Å²) in [7, 11) is -3.80. The van der Waals surface area contributed by atoms with Crippen LogP contribution in [0.15, 0.2) is 58.8 Å². The van der Waals surface area contributed by atoms with Gasteiger partial charge in [0.15, 0.2) is 0 Å². The molecule has 0 aliphatic carbocycles. The fraction of sp³-hybridized carbons (Fsp3) is 0.0588. The maximum atomic E-state index is 12.1. The van der Waals surface area contributed by atoms with Gasteiger partial charge in [0.25, 0.3) is 0 Å². The van der Waals surface area contributed by atoms with Crippen molar-refractivity contribution in [2.24, 2.45) is 5.14 Å². The third kappa shape index (κ3) is 4.28. The highest BCUT2D eigenvalue weighted by Gasteiger charge is 2.13. The van der Waals surface area contributed by atoms with Crippen molar-refractivity contribution in [2.75, 3.05) is 0 Å². The average Bonchev–Trinajstić information content (AvgIpc) is 3.08. The van der Waals surface area contributed by atoms with Gasteiger partial charge in [-0.15, -0.1) is 11.3 Å². The number of esters is 1. The molecule has 6 nitrogen and oxygen atoms in total. The summed E-state index contributed by atoms with van der Waals surface area (Å²) in [4.78, 5) is 16.4. The summed E-state index contributed by atoms with van der Waals surface area (Å²) in [5.41, 5.74) is 1.63. The molecule has 0 radical (unpaired) electrons. The molecule has 0 aliphatic rings. The Hall–Kier alpha value is -2.26. The van der Waals surface area contributed by atoms with E-state index in [0.717, 1.165) is 10.6 Å². The highest BCUT2D eigenvalue weighted by atomic mass is 35.5. The third-order valence-corrected chi connectivity index (χ3v) is 5.61. The second-order valence-electron chi connectivity index (χ2n) is 5.27. The van der Waals surface area contributed by atoms with Gasteiger partial charge >= 0.3 is 5.97 Å². The van der Waals surface area contributed by atoms with Gasteiger partial charge in [-0.2, -0.15) is 0 Å². The Kier molecular flexibility index (Phi) is 5.38. The smallest absolute Gasteiger partial charge is 0.338 e. The Labute approximate surface area is 159 Å². The van der Waals surface area contributed by atoms with Crippen molar-refractivity contribution in [2.45, 2.75) is 11.5 Å². The minimum atomic E-state index is -3.80. The Morgan fingerprint density at radius 1 is 1.15 bits per heavy atom. The Balaban J connectivity index is 1.66. The lowest BCUT2D eigenvalue weighted by Gasteiger charge is -2.04. The first-order valence-corrected chi connectivity index (χ1v) is 10.1. The van der Waals surface area contributed by atoms with Crippen LogP contribution in [0.5, 0.6) is 0 Å². The lowest BCUT2D eigenvalue weighted by Crippen LogP contribution is -2.12. The van der Waals surface area contributed by atoms with Crippen LogP contribution >= 0.6 is 22.9 Å². The van der Waals surface area contributed by atoms with Gasteiger partial charge in [0.1, 0.15) is 11.6 Å². The average molecular weight is 409 g/mol. The summed E-state index contributed by atoms with van der Waals surface area (Å²) in [5, 5.41) is 8.14. The molecule has 2 N–H and O–H groups in total. The van der Waals surface area contributed by atoms with Gasteiger partial charge in [-0.05, 0) is 30.3 Å². The summed E-state index contributed by atoms with van der Waals surface area (Å²) in [5.74, 6) is -0.585. The number of rotatable bonds is 5. The molecule has 0 fully saturated rings. The van der Waals surface area contributed by atoms with E-state index < -0.39 is 16.0 Å². The number of sulfonamides is 1. The molecule has 2 aromatic carbocycles. The highest BCUT2D eigenvalue weighted by Crippen LogP contribution is 2.30. The molecule has 0 bridgehead atoms. The molecular formula is C17H13ClN2O4S2. The zero-order valence-electron chi connectivity index (χ0n) is 13.3. The molecule has 9 heteroatoms. The third-order valence-electron chi connectivity index (χ3n) is 3.43. The molecule has 3 aromatic rings. The number of hydrogen-bond acceptors (Lipinski definition) is 6. The largest absolute Gasteiger partial charge is 0.456 e. The number of benzene rings is 2. The molecule has 0 saturated heterocycles. The van der Waals surface area contributed by atoms with Crippen molar-refractivity contribution < 1.29 is 17.9 Å². The predicted molar refractivity (Wildman–Crippen MR) is 99.5 cm³/mol. The van der Waals surface area contributed by atoms with Gasteiger partial charge in [0, 0.05) is 10.9 Å². The van der Waals surface area contributed by atoms with Gasteiger partial charge < -0.3 is 4.74 Å². The first kappa shape index (κ1) is 18.5. The number of carbonyl (C=O) groups excluding carboxylic acids is 1. The monoisotopic (exact) mass is 408 g/mol. The fourth-order valence-corrected chi connectivity index (χ4v) is 3.78. The van der Waals surface area contributed by atoms with Gasteiger partial charge in [-0.25, -0.2) is 23.3 Å². The normalized spacial score (nSPS) is 11.3. The standard InChI is InChI=1S/C17H13ClN2O4S2/c18-15-4-2-1-3-14(15)16-20-12(10-25-16)9-24-17(21)11-5-7-13(8-6-11)26(19,22)23/h1-8,10H,9H2,(H2,19,22,23). The van der Waals surface area contributed by atoms with E-state index in [1.807, 2.05) is 18.2 Å². The van der Waals surface area contributed by atoms with Crippen molar-refractivity contribution >= 4 is 38.9 Å². The second kappa shape index (κ2) is 7.55. The van der Waals surface area contributed by atoms with Gasteiger partial charge in [0.2, 0.25) is 10.0 Å². The summed E-state index contributed by atoms with van der Waals surface area (Å²) in [6.07, 6.45) is 0. The summed E-state index contributed by atoms with van der Waals surface area (Å²) < 4.78 is 27.6. The molecular weight excluding hydrogens is 396 g/mol. The first-order chi connectivity index (χ1) is 12.3. The van der Waals surface area contributed by atoms with Crippen molar-refractivity contribution in [3.05, 3.63) is 70.2 Å². The zero-order chi connectivity index (χ0) is 18.7. The first-order valence-electron chi connectivity index (χ1n) is 7.34. The minimum absolute atomic E-state index is 0.00325. The summed E-state index contributed by atoms with van der Waals surface area (Å²) >= 11 is 7.55. The van der Waals surface area contributed by atoms with Crippen molar-refractivity contribution in [1.82, 2.24) is 4.98 Å². The van der Waals surface area contributed by atoms with Gasteiger partial charge in [0.05, 0.1) is 21.2 Å². The van der Waals surface area contributed by atoms with Gasteiger partial charge in [-0.3, -0.25) is 0 Å². The minimum Gasteiger partial charge on any atom is -0.456 e. The van der Waals surface area contributed by atoms with E-state index in [2.05, 4.69) is 4.98 Å². The molecule has 1 aromatic heterocycles. The van der Waals surface area contributed by atoms with Crippen LogP contribution in [0.3, 0.4) is 0 Å². The van der Waals surface area contributed by atoms with Crippen molar-refractivity contribution in [3.8, 4) is 10.6 Å². The molecule has 0 spiro atoms. The molecule has 0 unspecified atom stereocenters.